The van der Waals surface area contributed by atoms with Gasteiger partial charge in [-0.1, -0.05) is 42.5 Å². The predicted molar refractivity (Wildman–Crippen MR) is 181 cm³/mol. The topological polar surface area (TPSA) is 252 Å². The van der Waals surface area contributed by atoms with Crippen LogP contribution in [0.3, 0.4) is 0 Å². The lowest BCUT2D eigenvalue weighted by atomic mass is 10.0. The van der Waals surface area contributed by atoms with Crippen LogP contribution in [0.25, 0.3) is 0 Å². The predicted octanol–water partition coefficient (Wildman–Crippen LogP) is -1.30. The van der Waals surface area contributed by atoms with Crippen molar-refractivity contribution in [1.29, 1.82) is 0 Å². The molecule has 15 heteroatoms. The van der Waals surface area contributed by atoms with E-state index >= 15 is 0 Å². The lowest BCUT2D eigenvalue weighted by molar-refractivity contribution is -0.141. The summed E-state index contributed by atoms with van der Waals surface area (Å²) >= 11 is 0. The molecule has 5 atom stereocenters. The van der Waals surface area contributed by atoms with Gasteiger partial charge in [-0.05, 0) is 68.8 Å². The van der Waals surface area contributed by atoms with E-state index < -0.39 is 72.2 Å². The number of phenolic OH excluding ortho intramolecular Hbond substituents is 1. The van der Waals surface area contributed by atoms with E-state index in [-0.39, 0.29) is 31.6 Å². The van der Waals surface area contributed by atoms with Gasteiger partial charge in [0.25, 0.3) is 0 Å². The Morgan fingerprint density at radius 2 is 1.49 bits per heavy atom. The number of phenols is 1. The highest BCUT2D eigenvalue weighted by Crippen LogP contribution is 2.20. The van der Waals surface area contributed by atoms with Crippen LogP contribution >= 0.6 is 0 Å². The molecule has 1 saturated heterocycles. The maximum atomic E-state index is 13.7. The monoisotopic (exact) mass is 680 g/mol. The first-order chi connectivity index (χ1) is 23.4. The molecule has 2 aromatic rings. The third-order valence-corrected chi connectivity index (χ3v) is 8.21. The molecule has 0 aromatic heterocycles. The Bertz CT molecular complexity index is 1440. The summed E-state index contributed by atoms with van der Waals surface area (Å²) in [6.45, 7) is 1.66. The van der Waals surface area contributed by atoms with E-state index in [1.165, 1.54) is 24.0 Å². The molecule has 49 heavy (non-hydrogen) atoms. The van der Waals surface area contributed by atoms with Gasteiger partial charge in [-0.25, -0.2) is 0 Å². The maximum absolute atomic E-state index is 13.7. The largest absolute Gasteiger partial charge is 0.508 e. The van der Waals surface area contributed by atoms with Crippen molar-refractivity contribution in [2.75, 3.05) is 19.6 Å². The van der Waals surface area contributed by atoms with Crippen molar-refractivity contribution in [3.8, 4) is 5.75 Å². The number of hydrogen-bond acceptors (Lipinski definition) is 9. The zero-order chi connectivity index (χ0) is 35.9. The number of benzene rings is 2. The number of nitrogens with two attached hydrogens (primary N) is 3. The van der Waals surface area contributed by atoms with Crippen molar-refractivity contribution in [3.05, 3.63) is 65.7 Å². The molecular formula is C34H48N8O7. The zero-order valence-electron chi connectivity index (χ0n) is 27.7. The lowest BCUT2D eigenvalue weighted by Gasteiger charge is -2.29. The molecule has 266 valence electrons. The second-order valence-electron chi connectivity index (χ2n) is 12.2. The van der Waals surface area contributed by atoms with Crippen LogP contribution in [0.5, 0.6) is 5.75 Å². The molecule has 0 bridgehead atoms. The summed E-state index contributed by atoms with van der Waals surface area (Å²) < 4.78 is 0. The minimum Gasteiger partial charge on any atom is -0.508 e. The summed E-state index contributed by atoms with van der Waals surface area (Å²) in [4.78, 5) is 79.2. The molecule has 2 aromatic carbocycles. The second-order valence-corrected chi connectivity index (χ2v) is 12.2. The number of amides is 6. The van der Waals surface area contributed by atoms with Gasteiger partial charge in [0.2, 0.25) is 35.4 Å². The Labute approximate surface area is 285 Å². The summed E-state index contributed by atoms with van der Waals surface area (Å²) in [7, 11) is 0. The van der Waals surface area contributed by atoms with Crippen LogP contribution in [0, 0.1) is 0 Å². The number of hydrogen-bond donors (Lipinski definition) is 8. The fourth-order valence-electron chi connectivity index (χ4n) is 5.51. The number of aromatic hydroxyl groups is 1. The average molecular weight is 681 g/mol. The smallest absolute Gasteiger partial charge is 0.246 e. The minimum atomic E-state index is -1.03. The van der Waals surface area contributed by atoms with Gasteiger partial charge in [0.15, 0.2) is 0 Å². The van der Waals surface area contributed by atoms with Gasteiger partial charge in [0.05, 0.1) is 12.6 Å². The maximum Gasteiger partial charge on any atom is 0.246 e. The van der Waals surface area contributed by atoms with E-state index in [4.69, 9.17) is 17.2 Å². The average Bonchev–Trinajstić information content (AvgIpc) is 3.57. The van der Waals surface area contributed by atoms with Crippen molar-refractivity contribution >= 4 is 35.4 Å². The van der Waals surface area contributed by atoms with Crippen LogP contribution in [0.2, 0.25) is 0 Å². The molecule has 1 aliphatic rings. The fourth-order valence-corrected chi connectivity index (χ4v) is 5.51. The number of nitrogens with one attached hydrogen (secondary N) is 4. The summed E-state index contributed by atoms with van der Waals surface area (Å²) in [5, 5.41) is 20.1. The molecule has 1 unspecified atom stereocenters. The Morgan fingerprint density at radius 3 is 2.12 bits per heavy atom. The van der Waals surface area contributed by atoms with E-state index in [2.05, 4.69) is 21.3 Å². The highest BCUT2D eigenvalue weighted by atomic mass is 16.3. The van der Waals surface area contributed by atoms with Crippen LogP contribution < -0.4 is 38.5 Å². The third kappa shape index (κ3) is 12.2. The first-order valence-electron chi connectivity index (χ1n) is 16.4. The van der Waals surface area contributed by atoms with Crippen LogP contribution in [0.1, 0.15) is 50.2 Å². The van der Waals surface area contributed by atoms with Gasteiger partial charge >= 0.3 is 0 Å². The highest BCUT2D eigenvalue weighted by molar-refractivity contribution is 5.96. The molecule has 6 amide bonds. The van der Waals surface area contributed by atoms with Crippen molar-refractivity contribution < 1.29 is 33.9 Å². The lowest BCUT2D eigenvalue weighted by Crippen LogP contribution is -2.57. The summed E-state index contributed by atoms with van der Waals surface area (Å²) in [6.07, 6.45) is 2.49. The molecule has 15 nitrogen and oxygen atoms in total. The number of rotatable bonds is 18. The van der Waals surface area contributed by atoms with Crippen LogP contribution in [0.15, 0.2) is 54.6 Å². The third-order valence-electron chi connectivity index (χ3n) is 8.21. The Morgan fingerprint density at radius 1 is 0.857 bits per heavy atom. The van der Waals surface area contributed by atoms with Crippen molar-refractivity contribution in [3.63, 3.8) is 0 Å². The SMILES string of the molecule is C[C@H](N)C(=O)N[C@@H](Cc1ccc(O)cc1)C(=O)N1CCCC1C(=O)NCC(=O)N[C@@H](CCCCN)C(=O)N[C@@H](Cc1ccccc1)C(N)=O. The Hall–Kier alpha value is -5.02. The summed E-state index contributed by atoms with van der Waals surface area (Å²) in [5.41, 5.74) is 18.4. The van der Waals surface area contributed by atoms with E-state index in [0.29, 0.717) is 37.8 Å². The second kappa shape index (κ2) is 19.1. The van der Waals surface area contributed by atoms with Gasteiger partial charge in [0.1, 0.15) is 29.9 Å². The summed E-state index contributed by atoms with van der Waals surface area (Å²) in [6, 6.07) is 10.4. The number of likely N-dealkylation sites (tertiary alicyclic amines) is 1. The van der Waals surface area contributed by atoms with E-state index in [0.717, 1.165) is 5.56 Å². The standard InChI is InChI=1S/C34H48N8O7/c1-21(36)31(46)41-27(19-23-12-14-24(43)15-13-23)34(49)42-17-7-11-28(42)33(48)38-20-29(44)39-25(10-5-6-16-35)32(47)40-26(30(37)45)18-22-8-3-2-4-9-22/h2-4,8-9,12-15,21,25-28,43H,5-7,10-11,16-20,35-36H2,1H3,(H2,37,45)(H,38,48)(H,39,44)(H,40,47)(H,41,46)/t21-,25-,26-,27-,28?/m0/s1. The molecule has 1 heterocycles. The first kappa shape index (κ1) is 38.4. The van der Waals surface area contributed by atoms with Crippen LogP contribution in [-0.4, -0.2) is 95.3 Å². The molecule has 0 saturated carbocycles. The molecule has 3 rings (SSSR count). The molecule has 1 fully saturated rings. The van der Waals surface area contributed by atoms with Gasteiger partial charge in [-0.2, -0.15) is 0 Å². The normalized spacial score (nSPS) is 16.5. The van der Waals surface area contributed by atoms with Crippen molar-refractivity contribution in [2.24, 2.45) is 17.2 Å². The number of carbonyl (C=O) groups is 6. The zero-order valence-corrected chi connectivity index (χ0v) is 27.7. The van der Waals surface area contributed by atoms with Gasteiger partial charge in [-0.15, -0.1) is 0 Å². The van der Waals surface area contributed by atoms with Crippen LogP contribution in [-0.2, 0) is 41.6 Å². The van der Waals surface area contributed by atoms with Gasteiger partial charge < -0.3 is 48.5 Å². The van der Waals surface area contributed by atoms with Gasteiger partial charge in [0, 0.05) is 19.4 Å². The Balaban J connectivity index is 1.63. The molecule has 1 aliphatic heterocycles. The van der Waals surface area contributed by atoms with Gasteiger partial charge in [-0.3, -0.25) is 28.8 Å². The number of unbranched alkanes of at least 4 members (excludes halogenated alkanes) is 1. The quantitative estimate of drug-likeness (QED) is 0.0870. The molecule has 11 N–H and O–H groups in total. The number of carbonyl (C=O) groups excluding carboxylic acids is 6. The van der Waals surface area contributed by atoms with E-state index in [1.807, 2.05) is 6.07 Å². The molecule has 0 radical (unpaired) electrons. The Kier molecular flexibility index (Phi) is 15.0. The molecule has 0 spiro atoms. The highest BCUT2D eigenvalue weighted by Gasteiger charge is 2.38. The van der Waals surface area contributed by atoms with Crippen molar-refractivity contribution in [1.82, 2.24) is 26.2 Å². The van der Waals surface area contributed by atoms with Crippen LogP contribution in [0.4, 0.5) is 0 Å². The first-order valence-corrected chi connectivity index (χ1v) is 16.4. The summed E-state index contributed by atoms with van der Waals surface area (Å²) in [5.74, 6) is -3.52. The molecule has 0 aliphatic carbocycles. The van der Waals surface area contributed by atoms with E-state index in [1.54, 1.807) is 36.4 Å². The molecular weight excluding hydrogens is 632 g/mol. The number of nitrogens with zero attached hydrogens (tertiary/aromatic N) is 1. The fraction of sp³-hybridized carbons (Fsp3) is 0.471. The van der Waals surface area contributed by atoms with Crippen molar-refractivity contribution in [2.45, 2.75) is 82.1 Å². The number of primary amides is 1. The minimum absolute atomic E-state index is 0.0481. The van der Waals surface area contributed by atoms with E-state index in [9.17, 15) is 33.9 Å².